The summed E-state index contributed by atoms with van der Waals surface area (Å²) in [5.41, 5.74) is 3.39. The Morgan fingerprint density at radius 1 is 1.06 bits per heavy atom. The predicted molar refractivity (Wildman–Crippen MR) is 134 cm³/mol. The van der Waals surface area contributed by atoms with Gasteiger partial charge in [-0.3, -0.25) is 9.59 Å². The van der Waals surface area contributed by atoms with Crippen molar-refractivity contribution in [2.45, 2.75) is 77.8 Å². The number of amides is 1. The second-order valence-electron chi connectivity index (χ2n) is 10.4. The van der Waals surface area contributed by atoms with Gasteiger partial charge in [-0.15, -0.1) is 0 Å². The summed E-state index contributed by atoms with van der Waals surface area (Å²) in [6, 6.07) is 12.9. The van der Waals surface area contributed by atoms with Gasteiger partial charge in [-0.2, -0.15) is 0 Å². The van der Waals surface area contributed by atoms with Crippen LogP contribution in [0.3, 0.4) is 0 Å². The fraction of sp³-hybridized carbons (Fsp3) is 0.448. The standard InChI is InChI=1S/C29H35NO4/c1-6-34-22-15-12-19(13-16-22)25-24(27(32)28(33)30(25)21-9-7-8-10-21)26(31)23-17-20(29(3,4)5)14-11-18(23)2/h11-17,21,25,31H,6-10H2,1-5H3/b26-24+. The minimum Gasteiger partial charge on any atom is -0.507 e. The number of ketones is 1. The first-order valence-corrected chi connectivity index (χ1v) is 12.3. The molecule has 180 valence electrons. The maximum Gasteiger partial charge on any atom is 0.295 e. The first-order valence-electron chi connectivity index (χ1n) is 12.3. The van der Waals surface area contributed by atoms with Crippen LogP contribution in [0.2, 0.25) is 0 Å². The van der Waals surface area contributed by atoms with E-state index in [-0.39, 0.29) is 22.8 Å². The van der Waals surface area contributed by atoms with E-state index in [1.807, 2.05) is 56.3 Å². The summed E-state index contributed by atoms with van der Waals surface area (Å²) < 4.78 is 5.59. The van der Waals surface area contributed by atoms with Crippen LogP contribution in [0.5, 0.6) is 5.75 Å². The lowest BCUT2D eigenvalue weighted by Gasteiger charge is -2.31. The van der Waals surface area contributed by atoms with E-state index in [2.05, 4.69) is 20.8 Å². The number of ether oxygens (including phenoxy) is 1. The van der Waals surface area contributed by atoms with Gasteiger partial charge < -0.3 is 14.7 Å². The molecule has 4 rings (SSSR count). The molecular weight excluding hydrogens is 426 g/mol. The highest BCUT2D eigenvalue weighted by molar-refractivity contribution is 6.46. The Hall–Kier alpha value is -3.08. The van der Waals surface area contributed by atoms with Gasteiger partial charge in [-0.25, -0.2) is 0 Å². The molecular formula is C29H35NO4. The van der Waals surface area contributed by atoms with Crippen molar-refractivity contribution in [1.29, 1.82) is 0 Å². The molecule has 0 spiro atoms. The largest absolute Gasteiger partial charge is 0.507 e. The van der Waals surface area contributed by atoms with Crippen molar-refractivity contribution in [3.05, 3.63) is 70.3 Å². The highest BCUT2D eigenvalue weighted by atomic mass is 16.5. The maximum atomic E-state index is 13.4. The Morgan fingerprint density at radius 2 is 1.71 bits per heavy atom. The average Bonchev–Trinajstić information content (AvgIpc) is 3.40. The Labute approximate surface area is 202 Å². The third kappa shape index (κ3) is 4.36. The van der Waals surface area contributed by atoms with E-state index >= 15 is 0 Å². The third-order valence-electron chi connectivity index (χ3n) is 7.06. The molecule has 2 aromatic rings. The molecule has 1 atom stereocenters. The van der Waals surface area contributed by atoms with Crippen LogP contribution < -0.4 is 4.74 Å². The minimum absolute atomic E-state index is 0.000301. The number of Topliss-reactive ketones (excluding diaryl/α,β-unsaturated/α-hetero) is 1. The minimum atomic E-state index is -0.614. The molecule has 1 N–H and O–H groups in total. The molecule has 34 heavy (non-hydrogen) atoms. The van der Waals surface area contributed by atoms with Gasteiger partial charge in [0.2, 0.25) is 0 Å². The first-order chi connectivity index (χ1) is 16.1. The van der Waals surface area contributed by atoms with Crippen molar-refractivity contribution in [2.24, 2.45) is 0 Å². The molecule has 1 heterocycles. The van der Waals surface area contributed by atoms with Crippen molar-refractivity contribution >= 4 is 17.4 Å². The van der Waals surface area contributed by atoms with Crippen molar-refractivity contribution < 1.29 is 19.4 Å². The number of benzene rings is 2. The SMILES string of the molecule is CCOc1ccc(C2/C(=C(\O)c3cc(C(C)(C)C)ccc3C)C(=O)C(=O)N2C2CCCC2)cc1. The monoisotopic (exact) mass is 461 g/mol. The molecule has 0 bridgehead atoms. The number of aryl methyl sites for hydroxylation is 1. The van der Waals surface area contributed by atoms with E-state index in [4.69, 9.17) is 4.74 Å². The summed E-state index contributed by atoms with van der Waals surface area (Å²) in [6.07, 6.45) is 3.82. The molecule has 0 aromatic heterocycles. The molecule has 1 aliphatic carbocycles. The van der Waals surface area contributed by atoms with Crippen molar-refractivity contribution in [1.82, 2.24) is 4.90 Å². The van der Waals surface area contributed by atoms with Gasteiger partial charge >= 0.3 is 0 Å². The van der Waals surface area contributed by atoms with Gasteiger partial charge in [-0.1, -0.05) is 57.9 Å². The van der Waals surface area contributed by atoms with E-state index in [0.29, 0.717) is 12.2 Å². The lowest BCUT2D eigenvalue weighted by Crippen LogP contribution is -2.37. The summed E-state index contributed by atoms with van der Waals surface area (Å²) in [4.78, 5) is 28.4. The van der Waals surface area contributed by atoms with E-state index in [9.17, 15) is 14.7 Å². The van der Waals surface area contributed by atoms with Crippen LogP contribution in [0.25, 0.3) is 5.76 Å². The zero-order valence-electron chi connectivity index (χ0n) is 20.9. The van der Waals surface area contributed by atoms with Crippen LogP contribution in [-0.4, -0.2) is 34.3 Å². The average molecular weight is 462 g/mol. The predicted octanol–water partition coefficient (Wildman–Crippen LogP) is 6.06. The smallest absolute Gasteiger partial charge is 0.295 e. The summed E-state index contributed by atoms with van der Waals surface area (Å²) in [5, 5.41) is 11.6. The van der Waals surface area contributed by atoms with Gasteiger partial charge in [0.25, 0.3) is 11.7 Å². The molecule has 1 saturated carbocycles. The highest BCUT2D eigenvalue weighted by Crippen LogP contribution is 2.44. The van der Waals surface area contributed by atoms with E-state index in [1.54, 1.807) is 4.90 Å². The maximum absolute atomic E-state index is 13.4. The second-order valence-corrected chi connectivity index (χ2v) is 10.4. The van der Waals surface area contributed by atoms with Crippen LogP contribution in [-0.2, 0) is 15.0 Å². The van der Waals surface area contributed by atoms with Crippen molar-refractivity contribution in [3.63, 3.8) is 0 Å². The number of rotatable bonds is 5. The Morgan fingerprint density at radius 3 is 2.29 bits per heavy atom. The summed E-state index contributed by atoms with van der Waals surface area (Å²) in [6.45, 7) is 10.7. The molecule has 5 nitrogen and oxygen atoms in total. The molecule has 2 aromatic carbocycles. The zero-order chi connectivity index (χ0) is 24.6. The number of likely N-dealkylation sites (tertiary alicyclic amines) is 1. The topological polar surface area (TPSA) is 66.8 Å². The lowest BCUT2D eigenvalue weighted by molar-refractivity contribution is -0.141. The van der Waals surface area contributed by atoms with Crippen LogP contribution in [0.1, 0.15) is 81.7 Å². The molecule has 1 aliphatic heterocycles. The summed E-state index contributed by atoms with van der Waals surface area (Å²) >= 11 is 0. The molecule has 5 heteroatoms. The number of nitrogens with zero attached hydrogens (tertiary/aromatic N) is 1. The van der Waals surface area contributed by atoms with Crippen LogP contribution in [0.4, 0.5) is 0 Å². The Bertz CT molecular complexity index is 1120. The molecule has 1 saturated heterocycles. The highest BCUT2D eigenvalue weighted by Gasteiger charge is 2.49. The van der Waals surface area contributed by atoms with Gasteiger partial charge in [0.15, 0.2) is 0 Å². The normalized spacial score (nSPS) is 20.9. The Kier molecular flexibility index (Phi) is 6.57. The van der Waals surface area contributed by atoms with Crippen LogP contribution in [0.15, 0.2) is 48.0 Å². The van der Waals surface area contributed by atoms with Gasteiger partial charge in [0.1, 0.15) is 11.5 Å². The van der Waals surface area contributed by atoms with Gasteiger partial charge in [-0.05, 0) is 67.0 Å². The van der Waals surface area contributed by atoms with Crippen LogP contribution in [0, 0.1) is 6.92 Å². The fourth-order valence-corrected chi connectivity index (χ4v) is 5.14. The number of carbonyl (C=O) groups is 2. The number of carbonyl (C=O) groups excluding carboxylic acids is 2. The van der Waals surface area contributed by atoms with E-state index in [0.717, 1.165) is 48.1 Å². The van der Waals surface area contributed by atoms with Crippen LogP contribution >= 0.6 is 0 Å². The van der Waals surface area contributed by atoms with Gasteiger partial charge in [0.05, 0.1) is 18.2 Å². The number of hydrogen-bond acceptors (Lipinski definition) is 4. The van der Waals surface area contributed by atoms with Crippen molar-refractivity contribution in [2.75, 3.05) is 6.61 Å². The molecule has 1 amide bonds. The van der Waals surface area contributed by atoms with Gasteiger partial charge in [0, 0.05) is 11.6 Å². The third-order valence-corrected chi connectivity index (χ3v) is 7.06. The number of aliphatic hydroxyl groups is 1. The number of aliphatic hydroxyl groups excluding tert-OH is 1. The quantitative estimate of drug-likeness (QED) is 0.334. The zero-order valence-corrected chi connectivity index (χ0v) is 20.9. The number of hydrogen-bond donors (Lipinski definition) is 1. The molecule has 2 aliphatic rings. The Balaban J connectivity index is 1.89. The summed E-state index contributed by atoms with van der Waals surface area (Å²) in [5.74, 6) is -0.486. The molecule has 0 radical (unpaired) electrons. The summed E-state index contributed by atoms with van der Waals surface area (Å²) in [7, 11) is 0. The lowest BCUT2D eigenvalue weighted by atomic mass is 9.84. The van der Waals surface area contributed by atoms with E-state index < -0.39 is 17.7 Å². The van der Waals surface area contributed by atoms with E-state index in [1.165, 1.54) is 0 Å². The second kappa shape index (κ2) is 9.28. The molecule has 2 fully saturated rings. The first kappa shape index (κ1) is 24.1. The molecule has 1 unspecified atom stereocenters. The van der Waals surface area contributed by atoms with Crippen molar-refractivity contribution in [3.8, 4) is 5.75 Å². The fourth-order valence-electron chi connectivity index (χ4n) is 5.14.